The van der Waals surface area contributed by atoms with Crippen LogP contribution in [0.3, 0.4) is 0 Å². The normalized spacial score (nSPS) is 38.8. The third-order valence-electron chi connectivity index (χ3n) is 3.47. The second kappa shape index (κ2) is 2.47. The van der Waals surface area contributed by atoms with E-state index in [1.165, 1.54) is 0 Å². The quantitative estimate of drug-likeness (QED) is 0.640. The summed E-state index contributed by atoms with van der Waals surface area (Å²) in [4.78, 5) is 13.4. The van der Waals surface area contributed by atoms with E-state index in [-0.39, 0.29) is 17.4 Å². The van der Waals surface area contributed by atoms with Crippen LogP contribution in [-0.2, 0) is 4.79 Å². The van der Waals surface area contributed by atoms with Gasteiger partial charge in [-0.2, -0.15) is 0 Å². The molecule has 2 rings (SSSR count). The molecule has 0 aromatic rings. The number of hydrogen-bond acceptors (Lipinski definition) is 2. The Morgan fingerprint density at radius 2 is 1.77 bits per heavy atom. The number of carbonyl (C=O) groups is 1. The van der Waals surface area contributed by atoms with Gasteiger partial charge < -0.3 is 5.73 Å². The highest BCUT2D eigenvalue weighted by Gasteiger charge is 2.59. The van der Waals surface area contributed by atoms with Crippen molar-refractivity contribution in [1.82, 2.24) is 4.90 Å². The van der Waals surface area contributed by atoms with Gasteiger partial charge >= 0.3 is 0 Å². The van der Waals surface area contributed by atoms with Crippen LogP contribution in [-0.4, -0.2) is 29.4 Å². The number of primary amides is 1. The topological polar surface area (TPSA) is 46.3 Å². The smallest absolute Gasteiger partial charge is 0.221 e. The molecule has 0 unspecified atom stereocenters. The molecular weight excluding hydrogens is 164 g/mol. The summed E-state index contributed by atoms with van der Waals surface area (Å²) in [5, 5.41) is 0. The number of nitrogens with two attached hydrogens (primary N) is 1. The van der Waals surface area contributed by atoms with Gasteiger partial charge in [0.2, 0.25) is 5.91 Å². The van der Waals surface area contributed by atoms with Crippen LogP contribution in [0, 0.1) is 17.8 Å². The molecule has 1 aliphatic heterocycles. The van der Waals surface area contributed by atoms with E-state index in [1.807, 2.05) is 0 Å². The Morgan fingerprint density at radius 1 is 1.31 bits per heavy atom. The summed E-state index contributed by atoms with van der Waals surface area (Å²) in [7, 11) is 0. The predicted molar refractivity (Wildman–Crippen MR) is 51.0 cm³/mol. The molecule has 0 aromatic carbocycles. The second-order valence-electron chi connectivity index (χ2n) is 5.33. The van der Waals surface area contributed by atoms with Gasteiger partial charge in [-0.3, -0.25) is 9.69 Å². The Morgan fingerprint density at radius 3 is 2.08 bits per heavy atom. The molecule has 1 aliphatic carbocycles. The maximum atomic E-state index is 10.9. The summed E-state index contributed by atoms with van der Waals surface area (Å²) >= 11 is 0. The van der Waals surface area contributed by atoms with Gasteiger partial charge in [0.1, 0.15) is 0 Å². The van der Waals surface area contributed by atoms with Crippen molar-refractivity contribution in [2.24, 2.45) is 23.5 Å². The zero-order valence-electron chi connectivity index (χ0n) is 8.58. The van der Waals surface area contributed by atoms with Gasteiger partial charge in [-0.15, -0.1) is 0 Å². The fourth-order valence-electron chi connectivity index (χ4n) is 2.50. The van der Waals surface area contributed by atoms with Gasteiger partial charge in [0.15, 0.2) is 0 Å². The minimum atomic E-state index is -0.0939. The Bertz CT molecular complexity index is 232. The van der Waals surface area contributed by atoms with Crippen LogP contribution in [0.4, 0.5) is 0 Å². The van der Waals surface area contributed by atoms with Gasteiger partial charge in [-0.25, -0.2) is 0 Å². The Balaban J connectivity index is 1.94. The highest BCUT2D eigenvalue weighted by Crippen LogP contribution is 2.52. The Kier molecular flexibility index (Phi) is 1.71. The Hall–Kier alpha value is -0.570. The van der Waals surface area contributed by atoms with E-state index in [9.17, 15) is 4.79 Å². The van der Waals surface area contributed by atoms with Crippen LogP contribution in [0.2, 0.25) is 0 Å². The van der Waals surface area contributed by atoms with Gasteiger partial charge in [0.05, 0.1) is 0 Å². The molecule has 3 nitrogen and oxygen atoms in total. The standard InChI is InChI=1S/C10H18N2O/c1-10(2,3)12-4-6-7(5-12)8(6)9(11)13/h6-8H,4-5H2,1-3H3,(H2,11,13)/t6-,7+,8+. The first-order valence-electron chi connectivity index (χ1n) is 4.95. The highest BCUT2D eigenvalue weighted by molar-refractivity contribution is 5.80. The summed E-state index contributed by atoms with van der Waals surface area (Å²) in [6.45, 7) is 8.77. The van der Waals surface area contributed by atoms with E-state index < -0.39 is 0 Å². The van der Waals surface area contributed by atoms with Gasteiger partial charge in [0.25, 0.3) is 0 Å². The van der Waals surface area contributed by atoms with Crippen LogP contribution in [0.25, 0.3) is 0 Å². The fraction of sp³-hybridized carbons (Fsp3) is 0.900. The largest absolute Gasteiger partial charge is 0.369 e. The van der Waals surface area contributed by atoms with E-state index in [2.05, 4.69) is 25.7 Å². The highest BCUT2D eigenvalue weighted by atomic mass is 16.1. The molecule has 3 atom stereocenters. The van der Waals surface area contributed by atoms with Crippen LogP contribution >= 0.6 is 0 Å². The van der Waals surface area contributed by atoms with Crippen LogP contribution in [0.5, 0.6) is 0 Å². The molecule has 3 heteroatoms. The minimum Gasteiger partial charge on any atom is -0.369 e. The molecule has 0 radical (unpaired) electrons. The lowest BCUT2D eigenvalue weighted by molar-refractivity contribution is -0.120. The monoisotopic (exact) mass is 182 g/mol. The molecule has 1 saturated heterocycles. The maximum absolute atomic E-state index is 10.9. The zero-order valence-corrected chi connectivity index (χ0v) is 8.58. The van der Waals surface area contributed by atoms with Gasteiger partial charge in [0, 0.05) is 24.5 Å². The SMILES string of the molecule is CC(C)(C)N1C[C@@H]2[C@H](C1)[C@H]2C(N)=O. The lowest BCUT2D eigenvalue weighted by atomic mass is 10.1. The molecule has 2 N–H and O–H groups in total. The number of fused-ring (bicyclic) bond motifs is 1. The van der Waals surface area contributed by atoms with Crippen LogP contribution in [0.15, 0.2) is 0 Å². The van der Waals surface area contributed by atoms with E-state index in [0.29, 0.717) is 11.8 Å². The van der Waals surface area contributed by atoms with Crippen LogP contribution < -0.4 is 5.73 Å². The molecule has 0 aromatic heterocycles. The Labute approximate surface area is 79.3 Å². The molecule has 2 fully saturated rings. The number of amides is 1. The fourth-order valence-corrected chi connectivity index (χ4v) is 2.50. The first-order chi connectivity index (χ1) is 5.91. The summed E-state index contributed by atoms with van der Waals surface area (Å²) in [6.07, 6.45) is 0. The average Bonchev–Trinajstić information content (AvgIpc) is 2.46. The lowest BCUT2D eigenvalue weighted by Gasteiger charge is -2.33. The van der Waals surface area contributed by atoms with Crippen molar-refractivity contribution in [3.8, 4) is 0 Å². The number of rotatable bonds is 1. The molecule has 74 valence electrons. The number of hydrogen-bond donors (Lipinski definition) is 1. The number of piperidine rings is 1. The molecule has 1 amide bonds. The minimum absolute atomic E-state index is 0.0939. The van der Waals surface area contributed by atoms with Crippen molar-refractivity contribution >= 4 is 5.91 Å². The second-order valence-corrected chi connectivity index (χ2v) is 5.33. The van der Waals surface area contributed by atoms with Crippen LogP contribution in [0.1, 0.15) is 20.8 Å². The first-order valence-corrected chi connectivity index (χ1v) is 4.95. The lowest BCUT2D eigenvalue weighted by Crippen LogP contribution is -2.42. The van der Waals surface area contributed by atoms with Gasteiger partial charge in [-0.05, 0) is 32.6 Å². The molecule has 2 aliphatic rings. The molecular formula is C10H18N2O. The van der Waals surface area contributed by atoms with Crippen molar-refractivity contribution in [2.45, 2.75) is 26.3 Å². The molecule has 0 bridgehead atoms. The molecule has 1 heterocycles. The average molecular weight is 182 g/mol. The first kappa shape index (κ1) is 9.00. The summed E-state index contributed by atoms with van der Waals surface area (Å²) < 4.78 is 0. The van der Waals surface area contributed by atoms with E-state index in [0.717, 1.165) is 13.1 Å². The third kappa shape index (κ3) is 1.35. The van der Waals surface area contributed by atoms with Crippen molar-refractivity contribution in [1.29, 1.82) is 0 Å². The number of carbonyl (C=O) groups excluding carboxylic acids is 1. The van der Waals surface area contributed by atoms with Crippen molar-refractivity contribution in [3.63, 3.8) is 0 Å². The number of nitrogens with zero attached hydrogens (tertiary/aromatic N) is 1. The van der Waals surface area contributed by atoms with E-state index in [1.54, 1.807) is 0 Å². The van der Waals surface area contributed by atoms with E-state index >= 15 is 0 Å². The molecule has 1 saturated carbocycles. The van der Waals surface area contributed by atoms with Crippen molar-refractivity contribution < 1.29 is 4.79 Å². The van der Waals surface area contributed by atoms with E-state index in [4.69, 9.17) is 5.73 Å². The van der Waals surface area contributed by atoms with Crippen molar-refractivity contribution in [3.05, 3.63) is 0 Å². The molecule has 13 heavy (non-hydrogen) atoms. The third-order valence-corrected chi connectivity index (χ3v) is 3.47. The predicted octanol–water partition coefficient (Wildman–Crippen LogP) is 0.448. The van der Waals surface area contributed by atoms with Gasteiger partial charge in [-0.1, -0.05) is 0 Å². The van der Waals surface area contributed by atoms with Crippen molar-refractivity contribution in [2.75, 3.05) is 13.1 Å². The maximum Gasteiger partial charge on any atom is 0.221 e. The zero-order chi connectivity index (χ0) is 9.80. The molecule has 0 spiro atoms. The summed E-state index contributed by atoms with van der Waals surface area (Å²) in [5.74, 6) is 1.23. The number of likely N-dealkylation sites (tertiary alicyclic amines) is 1. The summed E-state index contributed by atoms with van der Waals surface area (Å²) in [6, 6.07) is 0. The summed E-state index contributed by atoms with van der Waals surface area (Å²) in [5.41, 5.74) is 5.53.